The minimum atomic E-state index is -0.285. The molecule has 17 heavy (non-hydrogen) atoms. The van der Waals surface area contributed by atoms with Gasteiger partial charge in [-0.15, -0.1) is 0 Å². The fourth-order valence-corrected chi connectivity index (χ4v) is 4.04. The van der Waals surface area contributed by atoms with Gasteiger partial charge in [-0.1, -0.05) is 31.6 Å². The third-order valence-corrected chi connectivity index (χ3v) is 5.29. The van der Waals surface area contributed by atoms with Gasteiger partial charge in [0.2, 0.25) is 0 Å². The molecule has 2 N–H and O–H groups in total. The predicted octanol–water partition coefficient (Wildman–Crippen LogP) is 2.42. The molecule has 0 aromatic rings. The largest absolute Gasteiger partial charge is 0.392 e. The zero-order valence-corrected chi connectivity index (χ0v) is 10.8. The van der Waals surface area contributed by atoms with Crippen molar-refractivity contribution in [3.8, 4) is 0 Å². The van der Waals surface area contributed by atoms with Crippen LogP contribution in [0.2, 0.25) is 0 Å². The van der Waals surface area contributed by atoms with E-state index in [1.165, 1.54) is 16.7 Å². The van der Waals surface area contributed by atoms with Gasteiger partial charge in [0, 0.05) is 11.3 Å². The maximum absolute atomic E-state index is 10.4. The van der Waals surface area contributed by atoms with Gasteiger partial charge in [-0.3, -0.25) is 0 Å². The van der Waals surface area contributed by atoms with E-state index in [-0.39, 0.29) is 29.5 Å². The van der Waals surface area contributed by atoms with Crippen LogP contribution in [-0.2, 0) is 0 Å². The van der Waals surface area contributed by atoms with Crippen molar-refractivity contribution in [1.29, 1.82) is 0 Å². The molecule has 2 saturated carbocycles. The fraction of sp³-hybridized carbons (Fsp3) is 0.733. The molecule has 0 aliphatic heterocycles. The van der Waals surface area contributed by atoms with Gasteiger partial charge >= 0.3 is 0 Å². The Kier molecular flexibility index (Phi) is 2.19. The number of rotatable bonds is 1. The van der Waals surface area contributed by atoms with Gasteiger partial charge < -0.3 is 10.2 Å². The van der Waals surface area contributed by atoms with Crippen molar-refractivity contribution in [2.75, 3.05) is 6.61 Å². The second-order valence-electron chi connectivity index (χ2n) is 6.77. The minimum absolute atomic E-state index is 0.0544. The van der Waals surface area contributed by atoms with Crippen molar-refractivity contribution in [2.45, 2.75) is 45.6 Å². The number of aliphatic hydroxyl groups is 2. The summed E-state index contributed by atoms with van der Waals surface area (Å²) in [6.45, 7) is 8.61. The van der Waals surface area contributed by atoms with E-state index >= 15 is 0 Å². The molecule has 2 atom stereocenters. The van der Waals surface area contributed by atoms with Gasteiger partial charge in [-0.2, -0.15) is 0 Å². The summed E-state index contributed by atoms with van der Waals surface area (Å²) in [6, 6.07) is 0. The van der Waals surface area contributed by atoms with Gasteiger partial charge in [-0.05, 0) is 36.7 Å². The van der Waals surface area contributed by atoms with Gasteiger partial charge in [0.05, 0.1) is 12.7 Å². The first kappa shape index (κ1) is 11.5. The average molecular weight is 234 g/mol. The summed E-state index contributed by atoms with van der Waals surface area (Å²) in [4.78, 5) is 0. The molecule has 0 saturated heterocycles. The van der Waals surface area contributed by atoms with Crippen LogP contribution in [0.1, 0.15) is 39.5 Å². The lowest BCUT2D eigenvalue weighted by Gasteiger charge is -2.34. The molecule has 3 rings (SSSR count). The lowest BCUT2D eigenvalue weighted by Crippen LogP contribution is -2.31. The first-order valence-corrected chi connectivity index (χ1v) is 6.62. The molecule has 1 spiro atoms. The lowest BCUT2D eigenvalue weighted by molar-refractivity contribution is 0.0467. The quantitative estimate of drug-likeness (QED) is 0.684. The molecule has 0 amide bonds. The summed E-state index contributed by atoms with van der Waals surface area (Å²) < 4.78 is 0. The van der Waals surface area contributed by atoms with Crippen LogP contribution in [0.5, 0.6) is 0 Å². The van der Waals surface area contributed by atoms with Crippen molar-refractivity contribution >= 4 is 0 Å². The lowest BCUT2D eigenvalue weighted by atomic mass is 9.72. The predicted molar refractivity (Wildman–Crippen MR) is 67.4 cm³/mol. The van der Waals surface area contributed by atoms with Crippen LogP contribution in [0.3, 0.4) is 0 Å². The number of fused-ring (bicyclic) bond motifs is 1. The van der Waals surface area contributed by atoms with E-state index in [0.717, 1.165) is 25.7 Å². The zero-order chi connectivity index (χ0) is 12.4. The zero-order valence-electron chi connectivity index (χ0n) is 10.8. The Hall–Kier alpha value is -0.600. The second-order valence-corrected chi connectivity index (χ2v) is 6.77. The number of hydrogen-bond acceptors (Lipinski definition) is 2. The van der Waals surface area contributed by atoms with E-state index in [4.69, 9.17) is 0 Å². The van der Waals surface area contributed by atoms with Crippen LogP contribution < -0.4 is 0 Å². The Labute approximate surface area is 103 Å². The summed E-state index contributed by atoms with van der Waals surface area (Å²) in [5.74, 6) is 0.214. The minimum Gasteiger partial charge on any atom is -0.392 e. The molecule has 2 nitrogen and oxygen atoms in total. The topological polar surface area (TPSA) is 40.5 Å². The molecular formula is C15H22O2. The Morgan fingerprint density at radius 2 is 2.00 bits per heavy atom. The third kappa shape index (κ3) is 1.34. The van der Waals surface area contributed by atoms with E-state index in [2.05, 4.69) is 20.4 Å². The summed E-state index contributed by atoms with van der Waals surface area (Å²) in [5, 5.41) is 20.1. The molecule has 0 bridgehead atoms. The maximum Gasteiger partial charge on any atom is 0.0662 e. The normalized spacial score (nSPS) is 37.5. The second kappa shape index (κ2) is 3.24. The van der Waals surface area contributed by atoms with E-state index in [9.17, 15) is 10.2 Å². The number of allylic oxidation sites excluding steroid dienone is 1. The highest BCUT2D eigenvalue weighted by atomic mass is 16.3. The van der Waals surface area contributed by atoms with Crippen LogP contribution in [-0.4, -0.2) is 22.9 Å². The summed E-state index contributed by atoms with van der Waals surface area (Å²) in [7, 11) is 0. The van der Waals surface area contributed by atoms with E-state index in [1.54, 1.807) is 0 Å². The highest BCUT2D eigenvalue weighted by Gasteiger charge is 2.57. The molecule has 0 aromatic heterocycles. The Bertz CT molecular complexity index is 413. The van der Waals surface area contributed by atoms with Crippen LogP contribution >= 0.6 is 0 Å². The Morgan fingerprint density at radius 3 is 2.53 bits per heavy atom. The van der Waals surface area contributed by atoms with Crippen LogP contribution in [0.4, 0.5) is 0 Å². The van der Waals surface area contributed by atoms with E-state index in [1.807, 2.05) is 0 Å². The molecule has 3 aliphatic carbocycles. The van der Waals surface area contributed by atoms with Crippen LogP contribution in [0.15, 0.2) is 23.3 Å². The monoisotopic (exact) mass is 234 g/mol. The molecule has 0 radical (unpaired) electrons. The van der Waals surface area contributed by atoms with Gasteiger partial charge in [0.1, 0.15) is 0 Å². The smallest absolute Gasteiger partial charge is 0.0662 e. The molecule has 2 fully saturated rings. The molecule has 0 aromatic carbocycles. The van der Waals surface area contributed by atoms with Crippen molar-refractivity contribution in [3.05, 3.63) is 23.3 Å². The third-order valence-electron chi connectivity index (χ3n) is 5.29. The van der Waals surface area contributed by atoms with E-state index in [0.29, 0.717) is 0 Å². The van der Waals surface area contributed by atoms with Crippen LogP contribution in [0.25, 0.3) is 0 Å². The molecule has 94 valence electrons. The number of hydrogen-bond donors (Lipinski definition) is 2. The molecule has 3 aliphatic rings. The van der Waals surface area contributed by atoms with Crippen molar-refractivity contribution in [2.24, 2.45) is 16.7 Å². The van der Waals surface area contributed by atoms with E-state index < -0.39 is 0 Å². The Balaban J connectivity index is 2.10. The average Bonchev–Trinajstić information content (AvgIpc) is 3.00. The fourth-order valence-electron chi connectivity index (χ4n) is 4.04. The molecule has 2 unspecified atom stereocenters. The van der Waals surface area contributed by atoms with Crippen LogP contribution in [0, 0.1) is 16.7 Å². The molecule has 2 heteroatoms. The highest BCUT2D eigenvalue weighted by Crippen LogP contribution is 2.65. The maximum atomic E-state index is 10.4. The SMILES string of the molecule is C=C1CC2C(=C(CO)C13CC3)CC(C)(C)C2O. The van der Waals surface area contributed by atoms with Crippen molar-refractivity contribution < 1.29 is 10.2 Å². The van der Waals surface area contributed by atoms with Gasteiger partial charge in [-0.25, -0.2) is 0 Å². The first-order chi connectivity index (χ1) is 7.92. The number of aliphatic hydroxyl groups excluding tert-OH is 2. The molecule has 0 heterocycles. The van der Waals surface area contributed by atoms with Crippen molar-refractivity contribution in [3.63, 3.8) is 0 Å². The standard InChI is InChI=1S/C15H22O2/c1-9-6-10-11(7-14(2,3)13(10)17)12(8-16)15(9)4-5-15/h10,13,16-17H,1,4-8H2,2-3H3. The van der Waals surface area contributed by atoms with Gasteiger partial charge in [0.25, 0.3) is 0 Å². The van der Waals surface area contributed by atoms with Gasteiger partial charge in [0.15, 0.2) is 0 Å². The molecular weight excluding hydrogens is 212 g/mol. The Morgan fingerprint density at radius 1 is 1.35 bits per heavy atom. The van der Waals surface area contributed by atoms with Crippen molar-refractivity contribution in [1.82, 2.24) is 0 Å². The summed E-state index contributed by atoms with van der Waals surface area (Å²) in [5.41, 5.74) is 3.85. The first-order valence-electron chi connectivity index (χ1n) is 6.62. The summed E-state index contributed by atoms with van der Waals surface area (Å²) in [6.07, 6.45) is 3.86. The highest BCUT2D eigenvalue weighted by molar-refractivity contribution is 5.46. The summed E-state index contributed by atoms with van der Waals surface area (Å²) >= 11 is 0.